The molecule has 0 aliphatic heterocycles. The van der Waals surface area contributed by atoms with Crippen LogP contribution in [0.2, 0.25) is 5.02 Å². The number of carbonyl (C=O) groups excluding carboxylic acids is 2. The lowest BCUT2D eigenvalue weighted by molar-refractivity contribution is -0.142. The molecule has 3 aromatic rings. The quantitative estimate of drug-likeness (QED) is 0.350. The minimum Gasteiger partial charge on any atom is -0.497 e. The number of halogens is 1. The number of carbonyl (C=O) groups is 2. The van der Waals surface area contributed by atoms with Crippen molar-refractivity contribution >= 4 is 23.4 Å². The maximum Gasteiger partial charge on any atom is 0.261 e. The van der Waals surface area contributed by atoms with Gasteiger partial charge in [0.1, 0.15) is 17.5 Å². The Morgan fingerprint density at radius 3 is 2.28 bits per heavy atom. The van der Waals surface area contributed by atoms with E-state index in [1.54, 1.807) is 43.4 Å². The van der Waals surface area contributed by atoms with Gasteiger partial charge in [0, 0.05) is 26.6 Å². The number of para-hydroxylation sites is 1. The number of amides is 2. The first-order valence-electron chi connectivity index (χ1n) is 11.6. The Kier molecular flexibility index (Phi) is 10.6. The fraction of sp³-hybridized carbons (Fsp3) is 0.286. The maximum absolute atomic E-state index is 13.5. The number of ether oxygens (including phenoxy) is 3. The van der Waals surface area contributed by atoms with Crippen LogP contribution in [0.1, 0.15) is 11.1 Å². The molecule has 1 unspecified atom stereocenters. The van der Waals surface area contributed by atoms with Gasteiger partial charge in [-0.1, -0.05) is 66.2 Å². The van der Waals surface area contributed by atoms with Gasteiger partial charge in [0.05, 0.1) is 18.7 Å². The van der Waals surface area contributed by atoms with E-state index in [-0.39, 0.29) is 25.0 Å². The Hall–Kier alpha value is -3.55. The van der Waals surface area contributed by atoms with Crippen LogP contribution in [0, 0.1) is 0 Å². The summed E-state index contributed by atoms with van der Waals surface area (Å²) in [5, 5.41) is 3.29. The summed E-state index contributed by atoms with van der Waals surface area (Å²) in [7, 11) is 3.16. The highest BCUT2D eigenvalue weighted by atomic mass is 35.5. The third kappa shape index (κ3) is 8.00. The first-order valence-corrected chi connectivity index (χ1v) is 12.0. The zero-order valence-corrected chi connectivity index (χ0v) is 21.2. The molecular formula is C28H31ClN2O5. The standard InChI is InChI=1S/C28H31ClN2O5/c1-34-17-16-30-28(33)25(18-21-8-4-3-5-9-21)31(19-22-12-14-23(35-2)15-13-22)27(32)20-36-26-11-7-6-10-24(26)29/h3-15,25H,16-20H2,1-2H3,(H,30,33). The van der Waals surface area contributed by atoms with E-state index >= 15 is 0 Å². The van der Waals surface area contributed by atoms with Crippen LogP contribution < -0.4 is 14.8 Å². The number of hydrogen-bond donors (Lipinski definition) is 1. The molecular weight excluding hydrogens is 480 g/mol. The summed E-state index contributed by atoms with van der Waals surface area (Å²) in [5.74, 6) is 0.502. The van der Waals surface area contributed by atoms with E-state index in [0.29, 0.717) is 36.1 Å². The first kappa shape index (κ1) is 27.0. The van der Waals surface area contributed by atoms with Crippen molar-refractivity contribution in [2.45, 2.75) is 19.0 Å². The molecule has 0 saturated heterocycles. The van der Waals surface area contributed by atoms with Crippen LogP contribution in [0.15, 0.2) is 78.9 Å². The van der Waals surface area contributed by atoms with Gasteiger partial charge in [0.2, 0.25) is 5.91 Å². The number of hydrogen-bond acceptors (Lipinski definition) is 5. The molecule has 190 valence electrons. The van der Waals surface area contributed by atoms with Crippen LogP contribution in [0.5, 0.6) is 11.5 Å². The number of nitrogens with one attached hydrogen (secondary N) is 1. The molecule has 0 radical (unpaired) electrons. The third-order valence-electron chi connectivity index (χ3n) is 5.58. The lowest BCUT2D eigenvalue weighted by Crippen LogP contribution is -2.52. The average molecular weight is 511 g/mol. The summed E-state index contributed by atoms with van der Waals surface area (Å²) in [4.78, 5) is 28.4. The van der Waals surface area contributed by atoms with Gasteiger partial charge >= 0.3 is 0 Å². The van der Waals surface area contributed by atoms with Crippen molar-refractivity contribution in [1.29, 1.82) is 0 Å². The Bertz CT molecular complexity index is 1110. The second kappa shape index (κ2) is 14.1. The van der Waals surface area contributed by atoms with Crippen molar-refractivity contribution in [2.24, 2.45) is 0 Å². The first-order chi connectivity index (χ1) is 17.5. The van der Waals surface area contributed by atoms with Crippen molar-refractivity contribution in [2.75, 3.05) is 34.0 Å². The molecule has 0 saturated carbocycles. The summed E-state index contributed by atoms with van der Waals surface area (Å²) in [5.41, 5.74) is 1.79. The molecule has 3 rings (SSSR count). The molecule has 1 atom stereocenters. The van der Waals surface area contributed by atoms with Gasteiger partial charge in [-0.25, -0.2) is 0 Å². The molecule has 3 aromatic carbocycles. The maximum atomic E-state index is 13.5. The monoisotopic (exact) mass is 510 g/mol. The molecule has 7 nitrogen and oxygen atoms in total. The third-order valence-corrected chi connectivity index (χ3v) is 5.89. The number of methoxy groups -OCH3 is 2. The largest absolute Gasteiger partial charge is 0.497 e. The lowest BCUT2D eigenvalue weighted by atomic mass is 10.0. The fourth-order valence-corrected chi connectivity index (χ4v) is 3.85. The van der Waals surface area contributed by atoms with E-state index in [9.17, 15) is 9.59 Å². The van der Waals surface area contributed by atoms with E-state index < -0.39 is 6.04 Å². The highest BCUT2D eigenvalue weighted by Crippen LogP contribution is 2.24. The van der Waals surface area contributed by atoms with Crippen LogP contribution in [-0.2, 0) is 27.3 Å². The van der Waals surface area contributed by atoms with Gasteiger partial charge < -0.3 is 24.4 Å². The topological polar surface area (TPSA) is 77.1 Å². The molecule has 0 aliphatic carbocycles. The molecule has 2 amide bonds. The van der Waals surface area contributed by atoms with Gasteiger partial charge in [-0.3, -0.25) is 9.59 Å². The average Bonchev–Trinajstić information content (AvgIpc) is 2.91. The molecule has 0 bridgehead atoms. The van der Waals surface area contributed by atoms with Gasteiger partial charge in [0.25, 0.3) is 5.91 Å². The number of rotatable bonds is 13. The highest BCUT2D eigenvalue weighted by molar-refractivity contribution is 6.32. The zero-order valence-electron chi connectivity index (χ0n) is 20.5. The Balaban J connectivity index is 1.89. The van der Waals surface area contributed by atoms with Gasteiger partial charge in [-0.15, -0.1) is 0 Å². The SMILES string of the molecule is COCCNC(=O)C(Cc1ccccc1)N(Cc1ccc(OC)cc1)C(=O)COc1ccccc1Cl. The second-order valence-corrected chi connectivity index (χ2v) is 8.49. The minimum atomic E-state index is -0.770. The van der Waals surface area contributed by atoms with E-state index in [2.05, 4.69) is 5.32 Å². The Labute approximate surface area is 216 Å². The van der Waals surface area contributed by atoms with E-state index in [1.807, 2.05) is 54.6 Å². The van der Waals surface area contributed by atoms with Crippen molar-refractivity contribution in [3.8, 4) is 11.5 Å². The minimum absolute atomic E-state index is 0.212. The summed E-state index contributed by atoms with van der Waals surface area (Å²) in [6, 6.07) is 23.2. The van der Waals surface area contributed by atoms with Crippen LogP contribution in [0.25, 0.3) is 0 Å². The molecule has 0 heterocycles. The molecule has 0 spiro atoms. The van der Waals surface area contributed by atoms with Gasteiger partial charge in [0.15, 0.2) is 6.61 Å². The van der Waals surface area contributed by atoms with Crippen molar-refractivity contribution in [3.63, 3.8) is 0 Å². The van der Waals surface area contributed by atoms with Crippen LogP contribution in [0.4, 0.5) is 0 Å². The smallest absolute Gasteiger partial charge is 0.261 e. The summed E-state index contributed by atoms with van der Waals surface area (Å²) in [6.45, 7) is 0.646. The lowest BCUT2D eigenvalue weighted by Gasteiger charge is -2.31. The second-order valence-electron chi connectivity index (χ2n) is 8.08. The van der Waals surface area contributed by atoms with E-state index in [4.69, 9.17) is 25.8 Å². The molecule has 0 fully saturated rings. The molecule has 0 aromatic heterocycles. The normalized spacial score (nSPS) is 11.4. The molecule has 0 aliphatic rings. The highest BCUT2D eigenvalue weighted by Gasteiger charge is 2.30. The van der Waals surface area contributed by atoms with Crippen molar-refractivity contribution in [1.82, 2.24) is 10.2 Å². The van der Waals surface area contributed by atoms with Crippen LogP contribution >= 0.6 is 11.6 Å². The summed E-state index contributed by atoms with van der Waals surface area (Å²) < 4.78 is 16.1. The zero-order chi connectivity index (χ0) is 25.8. The Morgan fingerprint density at radius 2 is 1.61 bits per heavy atom. The predicted octanol–water partition coefficient (Wildman–Crippen LogP) is 4.13. The molecule has 1 N–H and O–H groups in total. The predicted molar refractivity (Wildman–Crippen MR) is 139 cm³/mol. The number of benzene rings is 3. The molecule has 8 heteroatoms. The van der Waals surface area contributed by atoms with E-state index in [0.717, 1.165) is 11.1 Å². The van der Waals surface area contributed by atoms with Gasteiger partial charge in [-0.2, -0.15) is 0 Å². The van der Waals surface area contributed by atoms with E-state index in [1.165, 1.54) is 0 Å². The number of nitrogens with zero attached hydrogens (tertiary/aromatic N) is 1. The Morgan fingerprint density at radius 1 is 0.917 bits per heavy atom. The van der Waals surface area contributed by atoms with Gasteiger partial charge in [-0.05, 0) is 35.4 Å². The summed E-state index contributed by atoms with van der Waals surface area (Å²) >= 11 is 6.20. The summed E-state index contributed by atoms with van der Waals surface area (Å²) in [6.07, 6.45) is 0.341. The van der Waals surface area contributed by atoms with Crippen molar-refractivity contribution < 1.29 is 23.8 Å². The van der Waals surface area contributed by atoms with Crippen molar-refractivity contribution in [3.05, 3.63) is 95.0 Å². The molecule has 36 heavy (non-hydrogen) atoms. The van der Waals surface area contributed by atoms with Crippen LogP contribution in [-0.4, -0.2) is 56.7 Å². The van der Waals surface area contributed by atoms with Crippen LogP contribution in [0.3, 0.4) is 0 Å². The fourth-order valence-electron chi connectivity index (χ4n) is 3.66.